The van der Waals surface area contributed by atoms with Crippen LogP contribution in [-0.4, -0.2) is 30.5 Å². The van der Waals surface area contributed by atoms with Gasteiger partial charge in [-0.05, 0) is 45.1 Å². The quantitative estimate of drug-likeness (QED) is 0.905. The summed E-state index contributed by atoms with van der Waals surface area (Å²) in [5, 5.41) is 5.28. The molecule has 3 rings (SSSR count). The van der Waals surface area contributed by atoms with E-state index in [1.54, 1.807) is 23.3 Å². The highest BCUT2D eigenvalue weighted by atomic mass is 79.9. The first kappa shape index (κ1) is 14.4. The zero-order valence-corrected chi connectivity index (χ0v) is 13.9. The molecule has 4 nitrogen and oxygen atoms in total. The van der Waals surface area contributed by atoms with Crippen LogP contribution < -0.4 is 10.1 Å². The van der Waals surface area contributed by atoms with Crippen molar-refractivity contribution in [2.24, 2.45) is 0 Å². The lowest BCUT2D eigenvalue weighted by Gasteiger charge is -2.29. The number of benzene rings is 1. The fourth-order valence-corrected chi connectivity index (χ4v) is 3.48. The van der Waals surface area contributed by atoms with Gasteiger partial charge in [-0.15, -0.1) is 11.3 Å². The maximum absolute atomic E-state index is 12.5. The Morgan fingerprint density at radius 2 is 2.33 bits per heavy atom. The Morgan fingerprint density at radius 1 is 1.52 bits per heavy atom. The Bertz CT molecular complexity index is 659. The molecule has 1 aliphatic heterocycles. The zero-order valence-electron chi connectivity index (χ0n) is 11.5. The maximum atomic E-state index is 12.5. The number of ether oxygens (including phenoxy) is 1. The average molecular weight is 367 g/mol. The number of fused-ring (bicyclic) bond motifs is 1. The highest BCUT2D eigenvalue weighted by molar-refractivity contribution is 9.11. The molecule has 0 saturated heterocycles. The fraction of sp³-hybridized carbons (Fsp3) is 0.267. The van der Waals surface area contributed by atoms with E-state index in [1.807, 2.05) is 35.7 Å². The number of nitrogens with zero attached hydrogens (tertiary/aromatic N) is 1. The number of anilines is 1. The van der Waals surface area contributed by atoms with Crippen molar-refractivity contribution in [2.45, 2.75) is 12.6 Å². The van der Waals surface area contributed by atoms with E-state index in [0.717, 1.165) is 20.8 Å². The third-order valence-corrected chi connectivity index (χ3v) is 4.88. The van der Waals surface area contributed by atoms with Gasteiger partial charge in [0, 0.05) is 13.6 Å². The third-order valence-electron chi connectivity index (χ3n) is 3.33. The smallest absolute Gasteiger partial charge is 0.265 e. The standard InChI is InChI=1S/C15H15BrN2O2S/c1-18(8-10-6-14(16)21-9-10)15(19)13-7-17-11-4-2-3-5-12(11)20-13/h2-6,9,13,17H,7-8H2,1H3. The molecule has 1 N–H and O–H groups in total. The van der Waals surface area contributed by atoms with E-state index in [1.165, 1.54) is 0 Å². The molecule has 0 saturated carbocycles. The summed E-state index contributed by atoms with van der Waals surface area (Å²) in [5.41, 5.74) is 2.05. The van der Waals surface area contributed by atoms with E-state index in [2.05, 4.69) is 21.2 Å². The average Bonchev–Trinajstić information content (AvgIpc) is 2.91. The van der Waals surface area contributed by atoms with Crippen molar-refractivity contribution in [1.82, 2.24) is 4.90 Å². The van der Waals surface area contributed by atoms with Gasteiger partial charge in [0.2, 0.25) is 0 Å². The highest BCUT2D eigenvalue weighted by Gasteiger charge is 2.28. The summed E-state index contributed by atoms with van der Waals surface area (Å²) in [4.78, 5) is 14.2. The lowest BCUT2D eigenvalue weighted by atomic mass is 10.2. The largest absolute Gasteiger partial charge is 0.477 e. The van der Waals surface area contributed by atoms with Crippen molar-refractivity contribution < 1.29 is 9.53 Å². The fourth-order valence-electron chi connectivity index (χ4n) is 2.28. The van der Waals surface area contributed by atoms with E-state index < -0.39 is 6.10 Å². The van der Waals surface area contributed by atoms with Crippen LogP contribution in [0.3, 0.4) is 0 Å². The molecule has 0 aliphatic carbocycles. The topological polar surface area (TPSA) is 41.6 Å². The summed E-state index contributed by atoms with van der Waals surface area (Å²) in [6.07, 6.45) is -0.480. The highest BCUT2D eigenvalue weighted by Crippen LogP contribution is 2.29. The van der Waals surface area contributed by atoms with Crippen molar-refractivity contribution in [2.75, 3.05) is 18.9 Å². The minimum atomic E-state index is -0.480. The Kier molecular flexibility index (Phi) is 4.17. The first-order valence-corrected chi connectivity index (χ1v) is 8.28. The van der Waals surface area contributed by atoms with Crippen LogP contribution in [0.4, 0.5) is 5.69 Å². The van der Waals surface area contributed by atoms with E-state index in [0.29, 0.717) is 13.1 Å². The van der Waals surface area contributed by atoms with Gasteiger partial charge in [0.15, 0.2) is 6.10 Å². The lowest BCUT2D eigenvalue weighted by molar-refractivity contribution is -0.137. The number of carbonyl (C=O) groups excluding carboxylic acids is 1. The number of para-hydroxylation sites is 2. The van der Waals surface area contributed by atoms with Gasteiger partial charge >= 0.3 is 0 Å². The third kappa shape index (κ3) is 3.22. The summed E-state index contributed by atoms with van der Waals surface area (Å²) in [7, 11) is 1.80. The summed E-state index contributed by atoms with van der Waals surface area (Å²) < 4.78 is 6.87. The Balaban J connectivity index is 1.66. The first-order valence-electron chi connectivity index (χ1n) is 6.61. The van der Waals surface area contributed by atoms with Crippen molar-refractivity contribution in [3.05, 3.63) is 45.1 Å². The number of nitrogens with one attached hydrogen (secondary N) is 1. The molecule has 1 atom stereocenters. The van der Waals surface area contributed by atoms with E-state index >= 15 is 0 Å². The van der Waals surface area contributed by atoms with Crippen molar-refractivity contribution >= 4 is 38.9 Å². The van der Waals surface area contributed by atoms with Crippen LogP contribution in [0.15, 0.2) is 39.5 Å². The summed E-state index contributed by atoms with van der Waals surface area (Å²) in [6.45, 7) is 1.08. The predicted octanol–water partition coefficient (Wildman–Crippen LogP) is 3.34. The van der Waals surface area contributed by atoms with Gasteiger partial charge in [0.1, 0.15) is 5.75 Å². The normalized spacial score (nSPS) is 16.6. The molecule has 1 aromatic heterocycles. The molecule has 110 valence electrons. The van der Waals surface area contributed by atoms with Crippen molar-refractivity contribution in [3.8, 4) is 5.75 Å². The van der Waals surface area contributed by atoms with Gasteiger partial charge < -0.3 is 15.0 Å². The number of carbonyl (C=O) groups is 1. The monoisotopic (exact) mass is 366 g/mol. The van der Waals surface area contributed by atoms with Crippen LogP contribution in [0.1, 0.15) is 5.56 Å². The van der Waals surface area contributed by atoms with Gasteiger partial charge in [0.05, 0.1) is 16.0 Å². The zero-order chi connectivity index (χ0) is 14.8. The van der Waals surface area contributed by atoms with Gasteiger partial charge in [0.25, 0.3) is 5.91 Å². The minimum Gasteiger partial charge on any atom is -0.477 e. The number of likely N-dealkylation sites (N-methyl/N-ethyl adjacent to an activating group) is 1. The number of halogens is 1. The van der Waals surface area contributed by atoms with Crippen LogP contribution in [0.25, 0.3) is 0 Å². The molecule has 0 bridgehead atoms. The number of thiophene rings is 1. The summed E-state index contributed by atoms with van der Waals surface area (Å²) >= 11 is 5.05. The lowest BCUT2D eigenvalue weighted by Crippen LogP contribution is -2.45. The molecule has 2 aromatic rings. The first-order chi connectivity index (χ1) is 10.1. The molecule has 0 spiro atoms. The summed E-state index contributed by atoms with van der Waals surface area (Å²) in [6, 6.07) is 9.70. The molecule has 6 heteroatoms. The Hall–Kier alpha value is -1.53. The van der Waals surface area contributed by atoms with Crippen LogP contribution in [-0.2, 0) is 11.3 Å². The van der Waals surface area contributed by atoms with Crippen LogP contribution in [0.5, 0.6) is 5.75 Å². The van der Waals surface area contributed by atoms with Crippen LogP contribution >= 0.6 is 27.3 Å². The van der Waals surface area contributed by atoms with Gasteiger partial charge in [-0.2, -0.15) is 0 Å². The molecular weight excluding hydrogens is 352 g/mol. The number of rotatable bonds is 3. The predicted molar refractivity (Wildman–Crippen MR) is 87.8 cm³/mol. The van der Waals surface area contributed by atoms with Gasteiger partial charge in [-0.3, -0.25) is 4.79 Å². The maximum Gasteiger partial charge on any atom is 0.265 e. The molecule has 21 heavy (non-hydrogen) atoms. The van der Waals surface area contributed by atoms with Gasteiger partial charge in [-0.1, -0.05) is 12.1 Å². The second-order valence-electron chi connectivity index (χ2n) is 4.94. The SMILES string of the molecule is CN(Cc1csc(Br)c1)C(=O)C1CNc2ccccc2O1. The molecule has 0 radical (unpaired) electrons. The number of hydrogen-bond donors (Lipinski definition) is 1. The molecular formula is C15H15BrN2O2S. The van der Waals surface area contributed by atoms with Crippen molar-refractivity contribution in [3.63, 3.8) is 0 Å². The number of hydrogen-bond acceptors (Lipinski definition) is 4. The van der Waals surface area contributed by atoms with Crippen molar-refractivity contribution in [1.29, 1.82) is 0 Å². The summed E-state index contributed by atoms with van der Waals surface area (Å²) in [5.74, 6) is 0.716. The van der Waals surface area contributed by atoms with E-state index in [4.69, 9.17) is 4.74 Å². The molecule has 1 aliphatic rings. The molecule has 2 heterocycles. The van der Waals surface area contributed by atoms with Crippen LogP contribution in [0, 0.1) is 0 Å². The number of amides is 1. The second kappa shape index (κ2) is 6.07. The molecule has 1 aromatic carbocycles. The Labute approximate surface area is 135 Å². The second-order valence-corrected chi connectivity index (χ2v) is 7.23. The van der Waals surface area contributed by atoms with E-state index in [9.17, 15) is 4.79 Å². The molecule has 1 unspecified atom stereocenters. The molecule has 0 fully saturated rings. The van der Waals surface area contributed by atoms with Crippen LogP contribution in [0.2, 0.25) is 0 Å². The van der Waals surface area contributed by atoms with Gasteiger partial charge in [-0.25, -0.2) is 0 Å². The van der Waals surface area contributed by atoms with E-state index in [-0.39, 0.29) is 5.91 Å². The minimum absolute atomic E-state index is 0.0145. The molecule has 1 amide bonds. The Morgan fingerprint density at radius 3 is 3.10 bits per heavy atom.